The van der Waals surface area contributed by atoms with E-state index in [2.05, 4.69) is 5.92 Å². The summed E-state index contributed by atoms with van der Waals surface area (Å²) < 4.78 is 4.92. The highest BCUT2D eigenvalue weighted by Gasteiger charge is 2.16. The molecule has 0 spiro atoms. The summed E-state index contributed by atoms with van der Waals surface area (Å²) >= 11 is 0. The van der Waals surface area contributed by atoms with Crippen LogP contribution in [0.1, 0.15) is 10.4 Å². The standard InChI is InChI=1S/C10H7NO5/c1-2-5-16-9-6-7(11(14)15)3-4-8(9)10(12)13/h1,3-4,6H,5H2,(H,12,13). The van der Waals surface area contributed by atoms with E-state index >= 15 is 0 Å². The van der Waals surface area contributed by atoms with Crippen LogP contribution in [0.25, 0.3) is 0 Å². The van der Waals surface area contributed by atoms with Crippen molar-refractivity contribution in [3.63, 3.8) is 0 Å². The molecular formula is C10H7NO5. The third kappa shape index (κ3) is 2.48. The second-order valence-electron chi connectivity index (χ2n) is 2.74. The predicted molar refractivity (Wildman–Crippen MR) is 54.4 cm³/mol. The third-order valence-corrected chi connectivity index (χ3v) is 1.72. The van der Waals surface area contributed by atoms with E-state index in [9.17, 15) is 14.9 Å². The van der Waals surface area contributed by atoms with Gasteiger partial charge in [0.25, 0.3) is 5.69 Å². The zero-order valence-corrected chi connectivity index (χ0v) is 8.04. The quantitative estimate of drug-likeness (QED) is 0.470. The van der Waals surface area contributed by atoms with Crippen LogP contribution in [0.5, 0.6) is 5.75 Å². The summed E-state index contributed by atoms with van der Waals surface area (Å²) in [6, 6.07) is 3.22. The average Bonchev–Trinajstić information content (AvgIpc) is 2.25. The topological polar surface area (TPSA) is 89.7 Å². The summed E-state index contributed by atoms with van der Waals surface area (Å²) in [5.74, 6) is 0.800. The molecule has 0 radical (unpaired) electrons. The number of carbonyl (C=O) groups is 1. The average molecular weight is 221 g/mol. The number of nitrogens with zero attached hydrogens (tertiary/aromatic N) is 1. The van der Waals surface area contributed by atoms with E-state index in [-0.39, 0.29) is 23.6 Å². The predicted octanol–water partition coefficient (Wildman–Crippen LogP) is 1.31. The van der Waals surface area contributed by atoms with Gasteiger partial charge >= 0.3 is 5.97 Å². The van der Waals surface area contributed by atoms with Crippen LogP contribution in [0.4, 0.5) is 5.69 Å². The maximum absolute atomic E-state index is 10.8. The van der Waals surface area contributed by atoms with Gasteiger partial charge in [0.1, 0.15) is 17.9 Å². The van der Waals surface area contributed by atoms with Gasteiger partial charge in [-0.15, -0.1) is 6.42 Å². The first-order valence-electron chi connectivity index (χ1n) is 4.14. The molecule has 0 unspecified atom stereocenters. The molecule has 0 aliphatic heterocycles. The molecule has 6 nitrogen and oxygen atoms in total. The summed E-state index contributed by atoms with van der Waals surface area (Å²) in [7, 11) is 0. The lowest BCUT2D eigenvalue weighted by molar-refractivity contribution is -0.384. The first kappa shape index (κ1) is 11.5. The number of nitro benzene ring substituents is 1. The summed E-state index contributed by atoms with van der Waals surface area (Å²) in [6.45, 7) is -0.151. The SMILES string of the molecule is C#CCOc1cc([N+](=O)[O-])ccc1C(=O)O. The number of carboxylic acid groups (broad SMARTS) is 1. The smallest absolute Gasteiger partial charge is 0.339 e. The van der Waals surface area contributed by atoms with Gasteiger partial charge in [0.2, 0.25) is 0 Å². The molecule has 1 rings (SSSR count). The summed E-state index contributed by atoms with van der Waals surface area (Å²) in [5, 5.41) is 19.3. The zero-order valence-electron chi connectivity index (χ0n) is 8.04. The van der Waals surface area contributed by atoms with Gasteiger partial charge in [-0.25, -0.2) is 4.79 Å². The second-order valence-corrected chi connectivity index (χ2v) is 2.74. The molecular weight excluding hydrogens is 214 g/mol. The minimum absolute atomic E-state index is 0.111. The van der Waals surface area contributed by atoms with Crippen LogP contribution < -0.4 is 4.74 Å². The summed E-state index contributed by atoms with van der Waals surface area (Å²) in [6.07, 6.45) is 4.94. The van der Waals surface area contributed by atoms with Crippen LogP contribution in [0, 0.1) is 22.5 Å². The number of aromatic carboxylic acids is 1. The zero-order chi connectivity index (χ0) is 12.1. The number of hydrogen-bond donors (Lipinski definition) is 1. The molecule has 6 heteroatoms. The molecule has 0 bridgehead atoms. The largest absolute Gasteiger partial charge is 0.480 e. The molecule has 0 aliphatic carbocycles. The fourth-order valence-electron chi connectivity index (χ4n) is 1.04. The Hall–Kier alpha value is -2.55. The molecule has 82 valence electrons. The molecule has 1 N–H and O–H groups in total. The second kappa shape index (κ2) is 4.79. The number of rotatable bonds is 4. The highest BCUT2D eigenvalue weighted by atomic mass is 16.6. The van der Waals surface area contributed by atoms with Crippen molar-refractivity contribution in [3.05, 3.63) is 33.9 Å². The lowest BCUT2D eigenvalue weighted by Crippen LogP contribution is -2.04. The number of ether oxygens (including phenoxy) is 1. The molecule has 16 heavy (non-hydrogen) atoms. The van der Waals surface area contributed by atoms with E-state index in [1.54, 1.807) is 0 Å². The first-order valence-corrected chi connectivity index (χ1v) is 4.14. The normalized spacial score (nSPS) is 9.19. The molecule has 0 aliphatic rings. The molecule has 1 aromatic rings. The van der Waals surface area contributed by atoms with Crippen molar-refractivity contribution in [2.45, 2.75) is 0 Å². The third-order valence-electron chi connectivity index (χ3n) is 1.72. The lowest BCUT2D eigenvalue weighted by atomic mass is 10.2. The van der Waals surface area contributed by atoms with Crippen LogP contribution in [0.15, 0.2) is 18.2 Å². The van der Waals surface area contributed by atoms with Crippen LogP contribution in [0.3, 0.4) is 0 Å². The van der Waals surface area contributed by atoms with Crippen molar-refractivity contribution in [1.29, 1.82) is 0 Å². The van der Waals surface area contributed by atoms with Crippen molar-refractivity contribution in [1.82, 2.24) is 0 Å². The van der Waals surface area contributed by atoms with Crippen molar-refractivity contribution >= 4 is 11.7 Å². The molecule has 0 saturated carbocycles. The van der Waals surface area contributed by atoms with Crippen molar-refractivity contribution in [2.24, 2.45) is 0 Å². The van der Waals surface area contributed by atoms with Crippen molar-refractivity contribution in [3.8, 4) is 18.1 Å². The highest BCUT2D eigenvalue weighted by Crippen LogP contribution is 2.24. The number of nitro groups is 1. The fraction of sp³-hybridized carbons (Fsp3) is 0.100. The Bertz CT molecular complexity index is 475. The van der Waals surface area contributed by atoms with E-state index in [0.29, 0.717) is 0 Å². The highest BCUT2D eigenvalue weighted by molar-refractivity contribution is 5.91. The maximum atomic E-state index is 10.8. The van der Waals surface area contributed by atoms with Crippen molar-refractivity contribution < 1.29 is 19.6 Å². The monoisotopic (exact) mass is 221 g/mol. The van der Waals surface area contributed by atoms with E-state index in [4.69, 9.17) is 16.3 Å². The van der Waals surface area contributed by atoms with E-state index < -0.39 is 10.9 Å². The van der Waals surface area contributed by atoms with Crippen LogP contribution >= 0.6 is 0 Å². The fourth-order valence-corrected chi connectivity index (χ4v) is 1.04. The van der Waals surface area contributed by atoms with Crippen LogP contribution in [-0.2, 0) is 0 Å². The van der Waals surface area contributed by atoms with E-state index in [0.717, 1.165) is 18.2 Å². The Morgan fingerprint density at radius 3 is 2.81 bits per heavy atom. The first-order chi connectivity index (χ1) is 7.56. The molecule has 1 aromatic carbocycles. The van der Waals surface area contributed by atoms with Crippen LogP contribution in [0.2, 0.25) is 0 Å². The molecule has 0 heterocycles. The van der Waals surface area contributed by atoms with Gasteiger partial charge < -0.3 is 9.84 Å². The molecule has 0 fully saturated rings. The molecule has 0 atom stereocenters. The number of non-ortho nitro benzene ring substituents is 1. The van der Waals surface area contributed by atoms with Crippen LogP contribution in [-0.4, -0.2) is 22.6 Å². The van der Waals surface area contributed by atoms with Gasteiger partial charge in [0.15, 0.2) is 0 Å². The lowest BCUT2D eigenvalue weighted by Gasteiger charge is -2.05. The Balaban J connectivity index is 3.16. The summed E-state index contributed by atoms with van der Waals surface area (Å²) in [5.41, 5.74) is -0.419. The van der Waals surface area contributed by atoms with Crippen molar-refractivity contribution in [2.75, 3.05) is 6.61 Å². The van der Waals surface area contributed by atoms with Gasteiger partial charge in [0.05, 0.1) is 11.0 Å². The van der Waals surface area contributed by atoms with Gasteiger partial charge in [-0.1, -0.05) is 5.92 Å². The summed E-state index contributed by atoms with van der Waals surface area (Å²) in [4.78, 5) is 20.6. The molecule has 0 aromatic heterocycles. The molecule has 0 amide bonds. The Morgan fingerprint density at radius 2 is 2.31 bits per heavy atom. The van der Waals surface area contributed by atoms with E-state index in [1.165, 1.54) is 0 Å². The minimum atomic E-state index is -1.23. The van der Waals surface area contributed by atoms with E-state index in [1.807, 2.05) is 0 Å². The number of hydrogen-bond acceptors (Lipinski definition) is 4. The van der Waals surface area contributed by atoms with Gasteiger partial charge in [-0.3, -0.25) is 10.1 Å². The van der Waals surface area contributed by atoms with Gasteiger partial charge in [-0.05, 0) is 6.07 Å². The number of benzene rings is 1. The maximum Gasteiger partial charge on any atom is 0.339 e. The van der Waals surface area contributed by atoms with Gasteiger partial charge in [0, 0.05) is 6.07 Å². The Morgan fingerprint density at radius 1 is 1.62 bits per heavy atom. The minimum Gasteiger partial charge on any atom is -0.480 e. The molecule has 0 saturated heterocycles. The van der Waals surface area contributed by atoms with Gasteiger partial charge in [-0.2, -0.15) is 0 Å². The Labute approximate surface area is 90.6 Å². The Kier molecular flexibility index (Phi) is 3.45. The number of carboxylic acids is 1. The number of terminal acetylenes is 1.